The minimum atomic E-state index is -0.535. The fourth-order valence-corrected chi connectivity index (χ4v) is 1.95. The van der Waals surface area contributed by atoms with Crippen LogP contribution in [-0.4, -0.2) is 12.5 Å². The number of anilines is 1. The lowest BCUT2D eigenvalue weighted by atomic mass is 10.1. The zero-order valence-electron chi connectivity index (χ0n) is 10.1. The van der Waals surface area contributed by atoms with Gasteiger partial charge in [-0.05, 0) is 36.0 Å². The molecule has 0 aromatic heterocycles. The van der Waals surface area contributed by atoms with Gasteiger partial charge in [-0.2, -0.15) is 0 Å². The normalized spacial score (nSPS) is 21.0. The standard InChI is InChI=1S/C13H17FN2O/c1-13(2)6-8(13)7-16-12(17)10-5-9(15)3-4-11(10)14/h3-5,8H,6-7,15H2,1-2H3,(H,16,17). The Morgan fingerprint density at radius 2 is 2.24 bits per heavy atom. The van der Waals surface area contributed by atoms with Gasteiger partial charge in [-0.15, -0.1) is 0 Å². The summed E-state index contributed by atoms with van der Waals surface area (Å²) in [5.74, 6) is -0.431. The second-order valence-corrected chi connectivity index (χ2v) is 5.34. The summed E-state index contributed by atoms with van der Waals surface area (Å²) >= 11 is 0. The molecule has 1 aromatic carbocycles. The SMILES string of the molecule is CC1(C)CC1CNC(=O)c1cc(N)ccc1F. The Balaban J connectivity index is 1.98. The highest BCUT2D eigenvalue weighted by molar-refractivity contribution is 5.95. The molecular formula is C13H17FN2O. The minimum Gasteiger partial charge on any atom is -0.399 e. The van der Waals surface area contributed by atoms with E-state index in [2.05, 4.69) is 19.2 Å². The molecule has 0 radical (unpaired) electrons. The number of halogens is 1. The zero-order chi connectivity index (χ0) is 12.6. The summed E-state index contributed by atoms with van der Waals surface area (Å²) in [5, 5.41) is 2.75. The third-order valence-corrected chi connectivity index (χ3v) is 3.46. The van der Waals surface area contributed by atoms with E-state index in [0.29, 0.717) is 23.6 Å². The number of hydrogen-bond donors (Lipinski definition) is 2. The van der Waals surface area contributed by atoms with Crippen molar-refractivity contribution in [2.45, 2.75) is 20.3 Å². The summed E-state index contributed by atoms with van der Waals surface area (Å²) in [4.78, 5) is 11.8. The molecular weight excluding hydrogens is 219 g/mol. The molecule has 0 aliphatic heterocycles. The molecule has 0 saturated heterocycles. The van der Waals surface area contributed by atoms with Crippen LogP contribution in [0.1, 0.15) is 30.6 Å². The first-order chi connectivity index (χ1) is 7.90. The Morgan fingerprint density at radius 1 is 1.59 bits per heavy atom. The van der Waals surface area contributed by atoms with Gasteiger partial charge in [0.2, 0.25) is 0 Å². The van der Waals surface area contributed by atoms with Crippen molar-refractivity contribution in [1.82, 2.24) is 5.32 Å². The van der Waals surface area contributed by atoms with Crippen LogP contribution >= 0.6 is 0 Å². The molecule has 1 unspecified atom stereocenters. The number of rotatable bonds is 3. The van der Waals surface area contributed by atoms with E-state index in [1.54, 1.807) is 0 Å². The van der Waals surface area contributed by atoms with Gasteiger partial charge in [0.15, 0.2) is 0 Å². The van der Waals surface area contributed by atoms with E-state index < -0.39 is 11.7 Å². The quantitative estimate of drug-likeness (QED) is 0.790. The first-order valence-corrected chi connectivity index (χ1v) is 5.73. The van der Waals surface area contributed by atoms with Gasteiger partial charge < -0.3 is 11.1 Å². The number of nitrogens with two attached hydrogens (primary N) is 1. The Bertz CT molecular complexity index is 457. The van der Waals surface area contributed by atoms with Crippen molar-refractivity contribution in [2.75, 3.05) is 12.3 Å². The first kappa shape index (κ1) is 11.9. The summed E-state index contributed by atoms with van der Waals surface area (Å²) in [6, 6.07) is 4.02. The minimum absolute atomic E-state index is 0.0171. The van der Waals surface area contributed by atoms with E-state index in [9.17, 15) is 9.18 Å². The second-order valence-electron chi connectivity index (χ2n) is 5.34. The Kier molecular flexibility index (Phi) is 2.81. The van der Waals surface area contributed by atoms with E-state index >= 15 is 0 Å². The van der Waals surface area contributed by atoms with Crippen molar-refractivity contribution in [1.29, 1.82) is 0 Å². The lowest BCUT2D eigenvalue weighted by Gasteiger charge is -2.07. The highest BCUT2D eigenvalue weighted by Gasteiger charge is 2.45. The summed E-state index contributed by atoms with van der Waals surface area (Å²) in [7, 11) is 0. The zero-order valence-corrected chi connectivity index (χ0v) is 10.1. The van der Waals surface area contributed by atoms with Gasteiger partial charge in [-0.25, -0.2) is 4.39 Å². The van der Waals surface area contributed by atoms with Gasteiger partial charge in [0.05, 0.1) is 5.56 Å². The fourth-order valence-electron chi connectivity index (χ4n) is 1.95. The van der Waals surface area contributed by atoms with Crippen molar-refractivity contribution < 1.29 is 9.18 Å². The average molecular weight is 236 g/mol. The van der Waals surface area contributed by atoms with Crippen LogP contribution in [0.3, 0.4) is 0 Å². The molecule has 1 aliphatic carbocycles. The van der Waals surface area contributed by atoms with Gasteiger partial charge in [0.1, 0.15) is 5.82 Å². The van der Waals surface area contributed by atoms with E-state index in [1.807, 2.05) is 0 Å². The Labute approximate surface area is 100 Å². The molecule has 1 saturated carbocycles. The van der Waals surface area contributed by atoms with Gasteiger partial charge in [0, 0.05) is 12.2 Å². The maximum atomic E-state index is 13.4. The first-order valence-electron chi connectivity index (χ1n) is 5.73. The monoisotopic (exact) mass is 236 g/mol. The van der Waals surface area contributed by atoms with Crippen molar-refractivity contribution in [3.05, 3.63) is 29.6 Å². The third-order valence-electron chi connectivity index (χ3n) is 3.46. The van der Waals surface area contributed by atoms with E-state index in [0.717, 1.165) is 6.42 Å². The number of carbonyl (C=O) groups excluding carboxylic acids is 1. The molecule has 1 aliphatic rings. The van der Waals surface area contributed by atoms with Gasteiger partial charge in [-0.3, -0.25) is 4.79 Å². The highest BCUT2D eigenvalue weighted by Crippen LogP contribution is 2.50. The molecule has 0 heterocycles. The van der Waals surface area contributed by atoms with Crippen LogP contribution in [0.15, 0.2) is 18.2 Å². The fraction of sp³-hybridized carbons (Fsp3) is 0.462. The highest BCUT2D eigenvalue weighted by atomic mass is 19.1. The topological polar surface area (TPSA) is 55.1 Å². The smallest absolute Gasteiger partial charge is 0.254 e. The summed E-state index contributed by atoms with van der Waals surface area (Å²) < 4.78 is 13.4. The van der Waals surface area contributed by atoms with Crippen LogP contribution in [0.4, 0.5) is 10.1 Å². The molecule has 1 atom stereocenters. The lowest BCUT2D eigenvalue weighted by molar-refractivity contribution is 0.0946. The molecule has 3 N–H and O–H groups in total. The molecule has 2 rings (SSSR count). The predicted octanol–water partition coefficient (Wildman–Crippen LogP) is 2.18. The predicted molar refractivity (Wildman–Crippen MR) is 65.0 cm³/mol. The van der Waals surface area contributed by atoms with E-state index in [-0.39, 0.29) is 5.56 Å². The molecule has 4 heteroatoms. The van der Waals surface area contributed by atoms with Crippen molar-refractivity contribution in [3.8, 4) is 0 Å². The van der Waals surface area contributed by atoms with E-state index in [4.69, 9.17) is 5.73 Å². The molecule has 1 aromatic rings. The average Bonchev–Trinajstić information content (AvgIpc) is 2.87. The Morgan fingerprint density at radius 3 is 2.82 bits per heavy atom. The van der Waals surface area contributed by atoms with Crippen LogP contribution in [0.25, 0.3) is 0 Å². The number of amides is 1. The molecule has 17 heavy (non-hydrogen) atoms. The third kappa shape index (κ3) is 2.57. The molecule has 0 bridgehead atoms. The summed E-state index contributed by atoms with van der Waals surface area (Å²) in [5.41, 5.74) is 6.25. The molecule has 1 fully saturated rings. The summed E-state index contributed by atoms with van der Waals surface area (Å²) in [6.45, 7) is 4.91. The van der Waals surface area contributed by atoms with E-state index in [1.165, 1.54) is 18.2 Å². The maximum Gasteiger partial charge on any atom is 0.254 e. The number of benzene rings is 1. The van der Waals surface area contributed by atoms with Gasteiger partial charge in [0.25, 0.3) is 5.91 Å². The molecule has 92 valence electrons. The molecule has 3 nitrogen and oxygen atoms in total. The number of nitrogen functional groups attached to an aromatic ring is 1. The van der Waals surface area contributed by atoms with Crippen LogP contribution in [0, 0.1) is 17.2 Å². The maximum absolute atomic E-state index is 13.4. The number of hydrogen-bond acceptors (Lipinski definition) is 2. The summed E-state index contributed by atoms with van der Waals surface area (Å²) in [6.07, 6.45) is 1.10. The van der Waals surface area contributed by atoms with Crippen LogP contribution in [-0.2, 0) is 0 Å². The van der Waals surface area contributed by atoms with Crippen LogP contribution < -0.4 is 11.1 Å². The van der Waals surface area contributed by atoms with Crippen molar-refractivity contribution in [3.63, 3.8) is 0 Å². The molecule has 0 spiro atoms. The Hall–Kier alpha value is -1.58. The number of nitrogens with one attached hydrogen (secondary N) is 1. The lowest BCUT2D eigenvalue weighted by Crippen LogP contribution is -2.27. The second kappa shape index (κ2) is 4.02. The van der Waals surface area contributed by atoms with Crippen LogP contribution in [0.5, 0.6) is 0 Å². The van der Waals surface area contributed by atoms with Gasteiger partial charge >= 0.3 is 0 Å². The largest absolute Gasteiger partial charge is 0.399 e. The molecule has 1 amide bonds. The number of carbonyl (C=O) groups is 1. The van der Waals surface area contributed by atoms with Crippen molar-refractivity contribution in [2.24, 2.45) is 11.3 Å². The van der Waals surface area contributed by atoms with Gasteiger partial charge in [-0.1, -0.05) is 13.8 Å². The van der Waals surface area contributed by atoms with Crippen LogP contribution in [0.2, 0.25) is 0 Å². The van der Waals surface area contributed by atoms with Crippen molar-refractivity contribution >= 4 is 11.6 Å².